The number of aliphatic hydroxyl groups is 1. The predicted molar refractivity (Wildman–Crippen MR) is 41.4 cm³/mol. The summed E-state index contributed by atoms with van der Waals surface area (Å²) in [6, 6.07) is 0. The zero-order chi connectivity index (χ0) is 9.19. The zero-order valence-electron chi connectivity index (χ0n) is 6.59. The summed E-state index contributed by atoms with van der Waals surface area (Å²) in [5.74, 6) is 0. The molecule has 1 saturated carbocycles. The maximum absolute atomic E-state index is 10.4. The first-order valence-corrected chi connectivity index (χ1v) is 5.42. The van der Waals surface area contributed by atoms with Gasteiger partial charge in [-0.2, -0.15) is 0 Å². The van der Waals surface area contributed by atoms with Crippen LogP contribution in [0.15, 0.2) is 0 Å². The van der Waals surface area contributed by atoms with E-state index >= 15 is 0 Å². The van der Waals surface area contributed by atoms with Gasteiger partial charge in [-0.3, -0.25) is 4.52 Å². The number of phosphoric ester groups is 1. The molecule has 0 unspecified atom stereocenters. The molecule has 0 aromatic heterocycles. The highest BCUT2D eigenvalue weighted by atomic mass is 31.2. The fraction of sp³-hybridized carbons (Fsp3) is 1.00. The quantitative estimate of drug-likeness (QED) is 0.556. The van der Waals surface area contributed by atoms with E-state index in [1.54, 1.807) is 0 Å². The monoisotopic (exact) mass is 196 g/mol. The van der Waals surface area contributed by atoms with Gasteiger partial charge in [0.25, 0.3) is 0 Å². The van der Waals surface area contributed by atoms with Gasteiger partial charge >= 0.3 is 7.82 Å². The summed E-state index contributed by atoms with van der Waals surface area (Å²) >= 11 is 0. The molecule has 6 heteroatoms. The highest BCUT2D eigenvalue weighted by Gasteiger charge is 2.26. The van der Waals surface area contributed by atoms with Gasteiger partial charge < -0.3 is 14.9 Å². The van der Waals surface area contributed by atoms with Gasteiger partial charge in [0.15, 0.2) is 0 Å². The van der Waals surface area contributed by atoms with E-state index in [9.17, 15) is 4.57 Å². The van der Waals surface area contributed by atoms with Crippen LogP contribution in [0.4, 0.5) is 0 Å². The van der Waals surface area contributed by atoms with Crippen molar-refractivity contribution < 1.29 is 24.0 Å². The molecule has 3 N–H and O–H groups in total. The van der Waals surface area contributed by atoms with Gasteiger partial charge in [-0.25, -0.2) is 4.57 Å². The lowest BCUT2D eigenvalue weighted by Gasteiger charge is -2.25. The Morgan fingerprint density at radius 3 is 2.08 bits per heavy atom. The van der Waals surface area contributed by atoms with Gasteiger partial charge in [0.2, 0.25) is 0 Å². The molecule has 5 nitrogen and oxygen atoms in total. The fourth-order valence-electron chi connectivity index (χ4n) is 1.34. The van der Waals surface area contributed by atoms with E-state index in [2.05, 4.69) is 4.52 Å². The van der Waals surface area contributed by atoms with Crippen molar-refractivity contribution in [1.82, 2.24) is 0 Å². The van der Waals surface area contributed by atoms with Crippen LogP contribution in [0.5, 0.6) is 0 Å². The Morgan fingerprint density at radius 1 is 1.17 bits per heavy atom. The van der Waals surface area contributed by atoms with Crippen molar-refractivity contribution in [3.05, 3.63) is 0 Å². The number of hydrogen-bond donors (Lipinski definition) is 3. The van der Waals surface area contributed by atoms with Crippen LogP contribution in [0.2, 0.25) is 0 Å². The topological polar surface area (TPSA) is 87.0 Å². The minimum Gasteiger partial charge on any atom is -0.393 e. The molecule has 0 saturated heterocycles. The van der Waals surface area contributed by atoms with Gasteiger partial charge in [-0.15, -0.1) is 0 Å². The first kappa shape index (κ1) is 10.2. The maximum atomic E-state index is 10.4. The summed E-state index contributed by atoms with van der Waals surface area (Å²) in [4.78, 5) is 16.9. The Morgan fingerprint density at radius 2 is 1.67 bits per heavy atom. The normalized spacial score (nSPS) is 31.9. The van der Waals surface area contributed by atoms with Gasteiger partial charge in [0.05, 0.1) is 12.2 Å². The lowest BCUT2D eigenvalue weighted by molar-refractivity contribution is 0.0486. The molecule has 0 aliphatic heterocycles. The standard InChI is InChI=1S/C6H13O5P/c7-5-1-3-6(4-2-5)11-12(8,9)10/h5-7H,1-4H2,(H2,8,9,10). The summed E-state index contributed by atoms with van der Waals surface area (Å²) in [5, 5.41) is 9.08. The first-order valence-electron chi connectivity index (χ1n) is 3.89. The molecule has 1 rings (SSSR count). The molecule has 0 aromatic carbocycles. The molecule has 0 heterocycles. The van der Waals surface area contributed by atoms with Crippen molar-refractivity contribution in [2.75, 3.05) is 0 Å². The summed E-state index contributed by atoms with van der Waals surface area (Å²) < 4.78 is 14.9. The van der Waals surface area contributed by atoms with E-state index in [0.717, 1.165) is 0 Å². The van der Waals surface area contributed by atoms with Crippen LogP contribution >= 0.6 is 7.82 Å². The van der Waals surface area contributed by atoms with Gasteiger partial charge in [-0.05, 0) is 25.7 Å². The number of rotatable bonds is 2. The van der Waals surface area contributed by atoms with Crippen LogP contribution in [0.3, 0.4) is 0 Å². The first-order chi connectivity index (χ1) is 5.47. The maximum Gasteiger partial charge on any atom is 0.469 e. The van der Waals surface area contributed by atoms with E-state index in [1.807, 2.05) is 0 Å². The smallest absolute Gasteiger partial charge is 0.393 e. The van der Waals surface area contributed by atoms with E-state index in [1.165, 1.54) is 0 Å². The predicted octanol–water partition coefficient (Wildman–Crippen LogP) is 0.399. The highest BCUT2D eigenvalue weighted by Crippen LogP contribution is 2.40. The highest BCUT2D eigenvalue weighted by molar-refractivity contribution is 7.46. The minimum absolute atomic E-state index is 0.332. The molecule has 0 atom stereocenters. The van der Waals surface area contributed by atoms with Crippen LogP contribution in [-0.2, 0) is 9.09 Å². The summed E-state index contributed by atoms with van der Waals surface area (Å²) in [5.41, 5.74) is 0. The largest absolute Gasteiger partial charge is 0.469 e. The summed E-state index contributed by atoms with van der Waals surface area (Å²) in [6.45, 7) is 0. The Kier molecular flexibility index (Phi) is 3.26. The second kappa shape index (κ2) is 3.85. The third-order valence-electron chi connectivity index (χ3n) is 1.93. The lowest BCUT2D eigenvalue weighted by atomic mass is 9.95. The number of aliphatic hydroxyl groups excluding tert-OH is 1. The van der Waals surface area contributed by atoms with E-state index in [4.69, 9.17) is 14.9 Å². The SMILES string of the molecule is O=P(O)(O)OC1CCC(O)CC1. The van der Waals surface area contributed by atoms with E-state index < -0.39 is 13.9 Å². The van der Waals surface area contributed by atoms with Gasteiger partial charge in [-0.1, -0.05) is 0 Å². The molecule has 0 amide bonds. The molecular weight excluding hydrogens is 183 g/mol. The van der Waals surface area contributed by atoms with Gasteiger partial charge in [0.1, 0.15) is 0 Å². The fourth-order valence-corrected chi connectivity index (χ4v) is 1.94. The second-order valence-electron chi connectivity index (χ2n) is 3.03. The van der Waals surface area contributed by atoms with Crippen LogP contribution < -0.4 is 0 Å². The third-order valence-corrected chi connectivity index (χ3v) is 2.50. The Labute approximate surface area is 70.6 Å². The Bertz CT molecular complexity index is 180. The van der Waals surface area contributed by atoms with Crippen LogP contribution in [0, 0.1) is 0 Å². The molecule has 0 spiro atoms. The van der Waals surface area contributed by atoms with Crippen LogP contribution in [-0.4, -0.2) is 27.1 Å². The average molecular weight is 196 g/mol. The molecule has 1 aliphatic carbocycles. The van der Waals surface area contributed by atoms with Crippen LogP contribution in [0.25, 0.3) is 0 Å². The molecule has 0 bridgehead atoms. The van der Waals surface area contributed by atoms with Crippen molar-refractivity contribution in [1.29, 1.82) is 0 Å². The van der Waals surface area contributed by atoms with E-state index in [0.29, 0.717) is 25.7 Å². The molecule has 1 aliphatic rings. The second-order valence-corrected chi connectivity index (χ2v) is 4.22. The molecule has 1 fully saturated rings. The third kappa shape index (κ3) is 3.65. The van der Waals surface area contributed by atoms with Crippen molar-refractivity contribution in [2.45, 2.75) is 37.9 Å². The molecule has 12 heavy (non-hydrogen) atoms. The molecule has 72 valence electrons. The Hall–Kier alpha value is 0.0700. The average Bonchev–Trinajstić information content (AvgIpc) is 1.91. The van der Waals surface area contributed by atoms with Crippen molar-refractivity contribution in [3.63, 3.8) is 0 Å². The van der Waals surface area contributed by atoms with Crippen molar-refractivity contribution in [3.8, 4) is 0 Å². The summed E-state index contributed by atoms with van der Waals surface area (Å²) in [6.07, 6.45) is 1.43. The zero-order valence-corrected chi connectivity index (χ0v) is 7.48. The summed E-state index contributed by atoms with van der Waals surface area (Å²) in [7, 11) is -4.34. The molecule has 0 radical (unpaired) electrons. The van der Waals surface area contributed by atoms with Crippen molar-refractivity contribution in [2.24, 2.45) is 0 Å². The molecule has 0 aromatic rings. The van der Waals surface area contributed by atoms with E-state index in [-0.39, 0.29) is 6.10 Å². The van der Waals surface area contributed by atoms with Crippen molar-refractivity contribution >= 4 is 7.82 Å². The number of phosphoric acid groups is 1. The van der Waals surface area contributed by atoms with Crippen LogP contribution in [0.1, 0.15) is 25.7 Å². The number of hydrogen-bond acceptors (Lipinski definition) is 3. The molecular formula is C6H13O5P. The van der Waals surface area contributed by atoms with Gasteiger partial charge in [0, 0.05) is 0 Å². The minimum atomic E-state index is -4.34. The lowest BCUT2D eigenvalue weighted by Crippen LogP contribution is -2.23. The Balaban J connectivity index is 2.31.